The molecule has 0 amide bonds. The van der Waals surface area contributed by atoms with Gasteiger partial charge in [-0.3, -0.25) is 4.68 Å². The van der Waals surface area contributed by atoms with Gasteiger partial charge < -0.3 is 5.32 Å². The third-order valence-electron chi connectivity index (χ3n) is 4.58. The summed E-state index contributed by atoms with van der Waals surface area (Å²) >= 11 is 12.3. The summed E-state index contributed by atoms with van der Waals surface area (Å²) in [5, 5.41) is 9.81. The molecule has 2 aliphatic rings. The molecule has 3 heterocycles. The number of halogens is 2. The summed E-state index contributed by atoms with van der Waals surface area (Å²) < 4.78 is 1.98. The predicted molar refractivity (Wildman–Crippen MR) is 85.9 cm³/mol. The van der Waals surface area contributed by atoms with Gasteiger partial charge in [0, 0.05) is 34.3 Å². The van der Waals surface area contributed by atoms with Gasteiger partial charge in [-0.05, 0) is 43.9 Å². The molecule has 0 spiro atoms. The van der Waals surface area contributed by atoms with Crippen LogP contribution in [0.1, 0.15) is 36.6 Å². The van der Waals surface area contributed by atoms with Gasteiger partial charge in [0.2, 0.25) is 0 Å². The third kappa shape index (κ3) is 2.28. The number of nitrogens with one attached hydrogen (secondary N) is 1. The van der Waals surface area contributed by atoms with Crippen LogP contribution >= 0.6 is 23.2 Å². The number of benzene rings is 1. The topological polar surface area (TPSA) is 29.9 Å². The lowest BCUT2D eigenvalue weighted by Crippen LogP contribution is -2.42. The van der Waals surface area contributed by atoms with Crippen LogP contribution in [0.3, 0.4) is 0 Å². The first-order valence-electron chi connectivity index (χ1n) is 7.40. The van der Waals surface area contributed by atoms with Crippen molar-refractivity contribution in [1.29, 1.82) is 0 Å². The van der Waals surface area contributed by atoms with Crippen LogP contribution < -0.4 is 5.32 Å². The highest BCUT2D eigenvalue weighted by molar-refractivity contribution is 6.35. The van der Waals surface area contributed by atoms with E-state index in [0.29, 0.717) is 22.1 Å². The Morgan fingerprint density at radius 2 is 1.95 bits per heavy atom. The summed E-state index contributed by atoms with van der Waals surface area (Å²) in [7, 11) is 2.01. The second-order valence-corrected chi connectivity index (χ2v) is 6.92. The molecule has 3 nitrogen and oxygen atoms in total. The van der Waals surface area contributed by atoms with Crippen molar-refractivity contribution in [3.05, 3.63) is 39.5 Å². The van der Waals surface area contributed by atoms with Crippen LogP contribution in [0.2, 0.25) is 10.0 Å². The van der Waals surface area contributed by atoms with E-state index in [1.54, 1.807) is 6.07 Å². The zero-order valence-corrected chi connectivity index (χ0v) is 13.4. The van der Waals surface area contributed by atoms with E-state index < -0.39 is 0 Å². The fraction of sp³-hybridized carbons (Fsp3) is 0.438. The van der Waals surface area contributed by atoms with Crippen LogP contribution in [0.5, 0.6) is 0 Å². The maximum atomic E-state index is 6.17. The summed E-state index contributed by atoms with van der Waals surface area (Å²) in [6, 6.07) is 6.70. The molecule has 1 aromatic heterocycles. The first kappa shape index (κ1) is 13.6. The molecule has 1 N–H and O–H groups in total. The van der Waals surface area contributed by atoms with E-state index >= 15 is 0 Å². The van der Waals surface area contributed by atoms with E-state index in [1.807, 2.05) is 23.9 Å². The highest BCUT2D eigenvalue weighted by Gasteiger charge is 2.34. The number of hydrogen-bond donors (Lipinski definition) is 1. The van der Waals surface area contributed by atoms with E-state index in [1.165, 1.54) is 30.5 Å². The van der Waals surface area contributed by atoms with Gasteiger partial charge in [0.1, 0.15) is 0 Å². The Kier molecular flexibility index (Phi) is 3.25. The number of hydrogen-bond acceptors (Lipinski definition) is 2. The zero-order valence-electron chi connectivity index (χ0n) is 11.9. The zero-order chi connectivity index (χ0) is 14.6. The van der Waals surface area contributed by atoms with Crippen molar-refractivity contribution in [2.24, 2.45) is 7.05 Å². The number of aromatic nitrogens is 2. The Bertz CT molecular complexity index is 688. The number of fused-ring (bicyclic) bond motifs is 4. The molecule has 4 rings (SSSR count). The van der Waals surface area contributed by atoms with Gasteiger partial charge in [0.15, 0.2) is 0 Å². The Labute approximate surface area is 134 Å². The first-order chi connectivity index (χ1) is 10.1. The highest BCUT2D eigenvalue weighted by Crippen LogP contribution is 2.39. The lowest BCUT2D eigenvalue weighted by atomic mass is 9.84. The molecule has 2 atom stereocenters. The lowest BCUT2D eigenvalue weighted by Gasteiger charge is -2.35. The fourth-order valence-electron chi connectivity index (χ4n) is 3.76. The van der Waals surface area contributed by atoms with Gasteiger partial charge >= 0.3 is 0 Å². The minimum Gasteiger partial charge on any atom is -0.305 e. The van der Waals surface area contributed by atoms with Crippen LogP contribution in [0.25, 0.3) is 11.3 Å². The number of nitrogens with zero attached hydrogens (tertiary/aromatic N) is 2. The lowest BCUT2D eigenvalue weighted by molar-refractivity contribution is 0.297. The molecular formula is C16H17Cl2N3. The molecule has 110 valence electrons. The maximum Gasteiger partial charge on any atom is 0.0833 e. The van der Waals surface area contributed by atoms with Crippen molar-refractivity contribution in [2.45, 2.75) is 37.8 Å². The second-order valence-electron chi connectivity index (χ2n) is 6.05. The average Bonchev–Trinajstić information content (AvgIpc) is 2.74. The van der Waals surface area contributed by atoms with Crippen molar-refractivity contribution in [3.8, 4) is 11.3 Å². The van der Waals surface area contributed by atoms with Gasteiger partial charge in [-0.15, -0.1) is 0 Å². The summed E-state index contributed by atoms with van der Waals surface area (Å²) in [5.41, 5.74) is 4.79. The van der Waals surface area contributed by atoms with E-state index in [9.17, 15) is 0 Å². The van der Waals surface area contributed by atoms with Crippen LogP contribution in [0.15, 0.2) is 18.2 Å². The molecule has 21 heavy (non-hydrogen) atoms. The SMILES string of the molecule is Cn1nc2c(c1-c1cc(Cl)cc(Cl)c1)CC1CCC[C@@H]2N1. The monoisotopic (exact) mass is 321 g/mol. The van der Waals surface area contributed by atoms with E-state index in [-0.39, 0.29) is 0 Å². The Hall–Kier alpha value is -1.03. The molecule has 2 aromatic rings. The molecule has 0 saturated carbocycles. The van der Waals surface area contributed by atoms with Gasteiger partial charge in [-0.2, -0.15) is 5.10 Å². The second kappa shape index (κ2) is 5.01. The smallest absolute Gasteiger partial charge is 0.0833 e. The van der Waals surface area contributed by atoms with Crippen LogP contribution in [-0.4, -0.2) is 15.8 Å². The van der Waals surface area contributed by atoms with E-state index in [0.717, 1.165) is 17.7 Å². The standard InChI is InChI=1S/C16H17Cl2N3/c1-21-16(9-5-10(17)7-11(18)6-9)13-8-12-3-2-4-14(19-12)15(13)20-21/h5-7,12,14,19H,2-4,8H2,1H3/t12?,14-/m0/s1. The molecule has 2 aliphatic heterocycles. The van der Waals surface area contributed by atoms with Gasteiger partial charge in [0.05, 0.1) is 17.4 Å². The predicted octanol–water partition coefficient (Wildman–Crippen LogP) is 4.13. The van der Waals surface area contributed by atoms with E-state index in [2.05, 4.69) is 5.32 Å². The van der Waals surface area contributed by atoms with Crippen molar-refractivity contribution in [1.82, 2.24) is 15.1 Å². The number of piperidine rings is 1. The highest BCUT2D eigenvalue weighted by atomic mass is 35.5. The van der Waals surface area contributed by atoms with Crippen LogP contribution in [-0.2, 0) is 13.5 Å². The van der Waals surface area contributed by atoms with Gasteiger partial charge in [0.25, 0.3) is 0 Å². The maximum absolute atomic E-state index is 6.17. The van der Waals surface area contributed by atoms with Crippen molar-refractivity contribution in [2.75, 3.05) is 0 Å². The summed E-state index contributed by atoms with van der Waals surface area (Å²) in [6.07, 6.45) is 4.76. The van der Waals surface area contributed by atoms with Gasteiger partial charge in [-0.1, -0.05) is 23.2 Å². The molecule has 1 fully saturated rings. The van der Waals surface area contributed by atoms with Crippen LogP contribution in [0, 0.1) is 0 Å². The van der Waals surface area contributed by atoms with Crippen molar-refractivity contribution >= 4 is 23.2 Å². The molecule has 5 heteroatoms. The van der Waals surface area contributed by atoms with Crippen LogP contribution in [0.4, 0.5) is 0 Å². The molecule has 1 aromatic carbocycles. The van der Waals surface area contributed by atoms with E-state index in [4.69, 9.17) is 28.3 Å². The fourth-order valence-corrected chi connectivity index (χ4v) is 4.29. The van der Waals surface area contributed by atoms with Gasteiger partial charge in [-0.25, -0.2) is 0 Å². The Balaban J connectivity index is 1.88. The number of rotatable bonds is 1. The molecule has 0 aliphatic carbocycles. The first-order valence-corrected chi connectivity index (χ1v) is 8.15. The molecular weight excluding hydrogens is 305 g/mol. The summed E-state index contributed by atoms with van der Waals surface area (Å²) in [4.78, 5) is 0. The molecule has 1 unspecified atom stereocenters. The minimum absolute atomic E-state index is 0.405. The minimum atomic E-state index is 0.405. The summed E-state index contributed by atoms with van der Waals surface area (Å²) in [6.45, 7) is 0. The largest absolute Gasteiger partial charge is 0.305 e. The van der Waals surface area contributed by atoms with Crippen molar-refractivity contribution in [3.63, 3.8) is 0 Å². The molecule has 2 bridgehead atoms. The Morgan fingerprint density at radius 3 is 2.71 bits per heavy atom. The molecule has 0 radical (unpaired) electrons. The summed E-state index contributed by atoms with van der Waals surface area (Å²) in [5.74, 6) is 0. The number of aryl methyl sites for hydroxylation is 1. The van der Waals surface area contributed by atoms with Crippen molar-refractivity contribution < 1.29 is 0 Å². The quantitative estimate of drug-likeness (QED) is 0.855. The Morgan fingerprint density at radius 1 is 1.19 bits per heavy atom. The molecule has 1 saturated heterocycles. The third-order valence-corrected chi connectivity index (χ3v) is 5.01. The average molecular weight is 322 g/mol. The normalized spacial score (nSPS) is 24.0.